The van der Waals surface area contributed by atoms with Crippen molar-refractivity contribution in [1.29, 1.82) is 0 Å². The number of benzene rings is 1. The van der Waals surface area contributed by atoms with E-state index in [0.29, 0.717) is 12.8 Å². The van der Waals surface area contributed by atoms with Crippen molar-refractivity contribution in [2.24, 2.45) is 0 Å². The zero-order valence-electron chi connectivity index (χ0n) is 10.7. The van der Waals surface area contributed by atoms with Gasteiger partial charge in [-0.15, -0.1) is 0 Å². The van der Waals surface area contributed by atoms with E-state index < -0.39 is 0 Å². The molecule has 0 aliphatic carbocycles. The van der Waals surface area contributed by atoms with Crippen molar-refractivity contribution >= 4 is 11.6 Å². The summed E-state index contributed by atoms with van der Waals surface area (Å²) >= 11 is 0. The van der Waals surface area contributed by atoms with Gasteiger partial charge in [-0.1, -0.05) is 43.9 Å². The van der Waals surface area contributed by atoms with Crippen molar-refractivity contribution in [2.75, 3.05) is 0 Å². The van der Waals surface area contributed by atoms with Crippen LogP contribution < -0.4 is 0 Å². The Labute approximate surface area is 108 Å². The molecule has 0 bridgehead atoms. The first-order valence-electron chi connectivity index (χ1n) is 6.02. The molecule has 1 aromatic rings. The van der Waals surface area contributed by atoms with Crippen LogP contribution in [-0.2, 0) is 9.59 Å². The Morgan fingerprint density at radius 2 is 1.61 bits per heavy atom. The predicted molar refractivity (Wildman–Crippen MR) is 72.0 cm³/mol. The Bertz CT molecular complexity index is 495. The SMILES string of the molecule is CCC(=O)C(=CC#Cc1ccccc1)C(=O)CC. The van der Waals surface area contributed by atoms with E-state index in [1.54, 1.807) is 13.8 Å². The normalized spacial score (nSPS) is 9.00. The van der Waals surface area contributed by atoms with Crippen molar-refractivity contribution in [3.8, 4) is 11.8 Å². The van der Waals surface area contributed by atoms with Gasteiger partial charge in [0.1, 0.15) is 0 Å². The van der Waals surface area contributed by atoms with Gasteiger partial charge in [0.15, 0.2) is 11.6 Å². The topological polar surface area (TPSA) is 34.1 Å². The van der Waals surface area contributed by atoms with Gasteiger partial charge in [0.2, 0.25) is 0 Å². The average Bonchev–Trinajstić information content (AvgIpc) is 2.43. The lowest BCUT2D eigenvalue weighted by Crippen LogP contribution is -2.10. The predicted octanol–water partition coefficient (Wildman–Crippen LogP) is 2.92. The number of Topliss-reactive ketones (excluding diaryl/α,β-unsaturated/α-hetero) is 2. The second-order valence-corrected chi connectivity index (χ2v) is 3.75. The molecule has 0 saturated heterocycles. The molecule has 1 rings (SSSR count). The summed E-state index contributed by atoms with van der Waals surface area (Å²) in [5.74, 6) is 5.38. The summed E-state index contributed by atoms with van der Waals surface area (Å²) in [6.07, 6.45) is 2.08. The van der Waals surface area contributed by atoms with Gasteiger partial charge in [0, 0.05) is 24.5 Å². The molecule has 0 saturated carbocycles. The molecular formula is C16H16O2. The number of ketones is 2. The van der Waals surface area contributed by atoms with Gasteiger partial charge in [-0.3, -0.25) is 9.59 Å². The highest BCUT2D eigenvalue weighted by Gasteiger charge is 2.13. The van der Waals surface area contributed by atoms with E-state index in [0.717, 1.165) is 5.56 Å². The van der Waals surface area contributed by atoms with Crippen LogP contribution in [-0.4, -0.2) is 11.6 Å². The summed E-state index contributed by atoms with van der Waals surface area (Å²) in [5.41, 5.74) is 1.07. The van der Waals surface area contributed by atoms with Crippen LogP contribution in [0.3, 0.4) is 0 Å². The molecule has 0 aliphatic rings. The van der Waals surface area contributed by atoms with Crippen LogP contribution in [0.1, 0.15) is 32.3 Å². The van der Waals surface area contributed by atoms with Crippen LogP contribution >= 0.6 is 0 Å². The lowest BCUT2D eigenvalue weighted by molar-refractivity contribution is -0.121. The van der Waals surface area contributed by atoms with Gasteiger partial charge < -0.3 is 0 Å². The third kappa shape index (κ3) is 4.03. The smallest absolute Gasteiger partial charge is 0.166 e. The average molecular weight is 240 g/mol. The number of rotatable bonds is 4. The third-order valence-electron chi connectivity index (χ3n) is 2.45. The van der Waals surface area contributed by atoms with Gasteiger partial charge >= 0.3 is 0 Å². The van der Waals surface area contributed by atoms with Crippen LogP contribution in [0, 0.1) is 11.8 Å². The van der Waals surface area contributed by atoms with E-state index in [1.165, 1.54) is 6.08 Å². The molecule has 1 aromatic carbocycles. The van der Waals surface area contributed by atoms with Crippen LogP contribution in [0.4, 0.5) is 0 Å². The molecule has 0 aromatic heterocycles. The summed E-state index contributed by atoms with van der Waals surface area (Å²) < 4.78 is 0. The second-order valence-electron chi connectivity index (χ2n) is 3.75. The summed E-state index contributed by atoms with van der Waals surface area (Å²) in [7, 11) is 0. The molecular weight excluding hydrogens is 224 g/mol. The summed E-state index contributed by atoms with van der Waals surface area (Å²) in [6, 6.07) is 9.45. The van der Waals surface area contributed by atoms with Crippen LogP contribution in [0.15, 0.2) is 42.0 Å². The highest BCUT2D eigenvalue weighted by atomic mass is 16.1. The Kier molecular flexibility index (Phi) is 5.60. The van der Waals surface area contributed by atoms with E-state index in [4.69, 9.17) is 0 Å². The molecule has 0 atom stereocenters. The standard InChI is InChI=1S/C16H16O2/c1-3-15(17)14(16(18)4-2)12-8-11-13-9-6-5-7-10-13/h5-7,9-10,12H,3-4H2,1-2H3. The Morgan fingerprint density at radius 3 is 2.11 bits per heavy atom. The first-order valence-corrected chi connectivity index (χ1v) is 6.02. The van der Waals surface area contributed by atoms with E-state index >= 15 is 0 Å². The molecule has 0 N–H and O–H groups in total. The lowest BCUT2D eigenvalue weighted by Gasteiger charge is -1.99. The minimum Gasteiger partial charge on any atom is -0.294 e. The quantitative estimate of drug-likeness (QED) is 0.351. The summed E-state index contributed by atoms with van der Waals surface area (Å²) in [5, 5.41) is 0. The molecule has 2 nitrogen and oxygen atoms in total. The lowest BCUT2D eigenvalue weighted by atomic mass is 10.0. The zero-order valence-corrected chi connectivity index (χ0v) is 10.7. The maximum Gasteiger partial charge on any atom is 0.166 e. The van der Waals surface area contributed by atoms with Crippen molar-refractivity contribution in [3.05, 3.63) is 47.5 Å². The van der Waals surface area contributed by atoms with Gasteiger partial charge in [-0.25, -0.2) is 0 Å². The fourth-order valence-corrected chi connectivity index (χ4v) is 1.41. The van der Waals surface area contributed by atoms with E-state index in [-0.39, 0.29) is 17.1 Å². The molecule has 0 unspecified atom stereocenters. The number of hydrogen-bond donors (Lipinski definition) is 0. The van der Waals surface area contributed by atoms with E-state index in [1.807, 2.05) is 30.3 Å². The fourth-order valence-electron chi connectivity index (χ4n) is 1.41. The molecule has 0 heterocycles. The molecule has 0 radical (unpaired) electrons. The molecule has 0 amide bonds. The largest absolute Gasteiger partial charge is 0.294 e. The van der Waals surface area contributed by atoms with Crippen LogP contribution in [0.2, 0.25) is 0 Å². The van der Waals surface area contributed by atoms with Crippen LogP contribution in [0.5, 0.6) is 0 Å². The van der Waals surface area contributed by atoms with Gasteiger partial charge in [-0.05, 0) is 12.1 Å². The summed E-state index contributed by atoms with van der Waals surface area (Å²) in [6.45, 7) is 3.48. The molecule has 92 valence electrons. The van der Waals surface area contributed by atoms with Gasteiger partial charge in [0.05, 0.1) is 5.57 Å². The highest BCUT2D eigenvalue weighted by Crippen LogP contribution is 2.04. The Balaban J connectivity index is 2.94. The van der Waals surface area contributed by atoms with Crippen molar-refractivity contribution in [3.63, 3.8) is 0 Å². The zero-order chi connectivity index (χ0) is 13.4. The second kappa shape index (κ2) is 7.24. The minimum atomic E-state index is -0.149. The maximum atomic E-state index is 11.6. The Morgan fingerprint density at radius 1 is 1.06 bits per heavy atom. The highest BCUT2D eigenvalue weighted by molar-refractivity contribution is 6.20. The van der Waals surface area contributed by atoms with Crippen LogP contribution in [0.25, 0.3) is 0 Å². The summed E-state index contributed by atoms with van der Waals surface area (Å²) in [4.78, 5) is 23.2. The molecule has 0 spiro atoms. The van der Waals surface area contributed by atoms with Crippen molar-refractivity contribution < 1.29 is 9.59 Å². The number of allylic oxidation sites excluding steroid dienone is 2. The maximum absolute atomic E-state index is 11.6. The fraction of sp³-hybridized carbons (Fsp3) is 0.250. The van der Waals surface area contributed by atoms with Crippen molar-refractivity contribution in [2.45, 2.75) is 26.7 Å². The van der Waals surface area contributed by atoms with E-state index in [2.05, 4.69) is 11.8 Å². The first kappa shape index (κ1) is 13.9. The van der Waals surface area contributed by atoms with Gasteiger partial charge in [0.25, 0.3) is 0 Å². The van der Waals surface area contributed by atoms with Gasteiger partial charge in [-0.2, -0.15) is 0 Å². The third-order valence-corrected chi connectivity index (χ3v) is 2.45. The Hall–Kier alpha value is -2.14. The van der Waals surface area contributed by atoms with Crippen molar-refractivity contribution in [1.82, 2.24) is 0 Å². The molecule has 0 aliphatic heterocycles. The monoisotopic (exact) mass is 240 g/mol. The number of carbonyl (C=O) groups excluding carboxylic acids is 2. The number of hydrogen-bond acceptors (Lipinski definition) is 2. The molecule has 18 heavy (non-hydrogen) atoms. The van der Waals surface area contributed by atoms with E-state index in [9.17, 15) is 9.59 Å². The first-order chi connectivity index (χ1) is 8.69. The number of carbonyl (C=O) groups is 2. The molecule has 0 fully saturated rings. The molecule has 2 heteroatoms. The minimum absolute atomic E-state index is 0.149.